The van der Waals surface area contributed by atoms with Crippen LogP contribution in [0.15, 0.2) is 0 Å². The summed E-state index contributed by atoms with van der Waals surface area (Å²) in [5, 5.41) is 26.5. The van der Waals surface area contributed by atoms with Crippen molar-refractivity contribution in [1.82, 2.24) is 9.97 Å². The van der Waals surface area contributed by atoms with Crippen LogP contribution in [0, 0.1) is 34.0 Å². The molecule has 1 aromatic rings. The van der Waals surface area contributed by atoms with Crippen LogP contribution in [0.5, 0.6) is 0 Å². The lowest BCUT2D eigenvalue weighted by atomic mass is 10.1. The lowest BCUT2D eigenvalue weighted by molar-refractivity contribution is 0.0520. The minimum Gasteiger partial charge on any atom is -0.461 e. The van der Waals surface area contributed by atoms with Crippen molar-refractivity contribution in [2.24, 2.45) is 0 Å². The Hall–Kier alpha value is -3.18. The van der Waals surface area contributed by atoms with Crippen LogP contribution in [0.25, 0.3) is 0 Å². The number of nitriles is 3. The molecule has 0 aliphatic heterocycles. The van der Waals surface area contributed by atoms with Crippen molar-refractivity contribution in [3.8, 4) is 18.2 Å². The second kappa shape index (κ2) is 5.95. The third-order valence-corrected chi connectivity index (χ3v) is 2.06. The fraction of sp³-hybridized carbons (Fsp3) is 0.273. The van der Waals surface area contributed by atoms with Crippen molar-refractivity contribution in [1.29, 1.82) is 15.8 Å². The van der Waals surface area contributed by atoms with Gasteiger partial charge in [0.25, 0.3) is 0 Å². The van der Waals surface area contributed by atoms with Crippen molar-refractivity contribution in [2.45, 2.75) is 12.8 Å². The Morgan fingerprint density at radius 3 is 2.47 bits per heavy atom. The molecule has 8 heteroatoms. The molecule has 0 radical (unpaired) electrons. The summed E-state index contributed by atoms with van der Waals surface area (Å²) < 4.78 is 4.70. The number of ether oxygens (including phenoxy) is 1. The fourth-order valence-corrected chi connectivity index (χ4v) is 1.25. The first-order valence-electron chi connectivity index (χ1n) is 5.12. The van der Waals surface area contributed by atoms with Crippen molar-refractivity contribution in [3.63, 3.8) is 0 Å². The Balaban J connectivity index is 3.40. The third-order valence-electron chi connectivity index (χ3n) is 2.06. The number of esters is 1. The highest BCUT2D eigenvalue weighted by Gasteiger charge is 2.23. The van der Waals surface area contributed by atoms with Gasteiger partial charge in [0.15, 0.2) is 23.1 Å². The highest BCUT2D eigenvalue weighted by atomic mass is 16.5. The number of nitrogen functional groups attached to an aromatic ring is 1. The van der Waals surface area contributed by atoms with E-state index in [1.54, 1.807) is 25.1 Å². The van der Waals surface area contributed by atoms with Crippen LogP contribution >= 0.6 is 0 Å². The number of carbonyl (C=O) groups is 1. The summed E-state index contributed by atoms with van der Waals surface area (Å²) in [6.07, 6.45) is 0. The number of nitrogens with two attached hydrogens (primary N) is 1. The SMILES string of the molecule is CCOC(=O)c1nc(C#N)c(C(C#N)C#N)nc1N. The maximum absolute atomic E-state index is 11.5. The lowest BCUT2D eigenvalue weighted by Crippen LogP contribution is -2.16. The van der Waals surface area contributed by atoms with Crippen LogP contribution in [0.1, 0.15) is 34.7 Å². The minimum atomic E-state index is -1.28. The Bertz CT molecular complexity index is 620. The summed E-state index contributed by atoms with van der Waals surface area (Å²) in [6.45, 7) is 1.71. The van der Waals surface area contributed by atoms with Gasteiger partial charge in [0, 0.05) is 0 Å². The van der Waals surface area contributed by atoms with Gasteiger partial charge in [-0.3, -0.25) is 0 Å². The average Bonchev–Trinajstić information content (AvgIpc) is 2.40. The van der Waals surface area contributed by atoms with E-state index in [2.05, 4.69) is 9.97 Å². The van der Waals surface area contributed by atoms with Crippen molar-refractivity contribution < 1.29 is 9.53 Å². The van der Waals surface area contributed by atoms with E-state index in [0.29, 0.717) is 0 Å². The summed E-state index contributed by atoms with van der Waals surface area (Å²) in [5.41, 5.74) is 4.74. The number of rotatable bonds is 3. The maximum atomic E-state index is 11.5. The van der Waals surface area contributed by atoms with E-state index in [4.69, 9.17) is 26.3 Å². The van der Waals surface area contributed by atoms with E-state index in [1.165, 1.54) is 0 Å². The van der Waals surface area contributed by atoms with Gasteiger partial charge in [0.05, 0.1) is 18.7 Å². The predicted molar refractivity (Wildman–Crippen MR) is 61.1 cm³/mol. The van der Waals surface area contributed by atoms with E-state index in [-0.39, 0.29) is 29.5 Å². The van der Waals surface area contributed by atoms with Gasteiger partial charge < -0.3 is 10.5 Å². The van der Waals surface area contributed by atoms with E-state index >= 15 is 0 Å². The molecule has 0 spiro atoms. The standard InChI is InChI=1S/C11H8N6O2/c1-2-19-11(18)9-10(15)17-8(6(3-12)4-13)7(5-14)16-9/h6H,2H2,1H3,(H2,15,17). The van der Waals surface area contributed by atoms with E-state index < -0.39 is 11.9 Å². The van der Waals surface area contributed by atoms with Crippen LogP contribution in [-0.2, 0) is 4.74 Å². The molecule has 1 heterocycles. The van der Waals surface area contributed by atoms with E-state index in [0.717, 1.165) is 0 Å². The first-order chi connectivity index (χ1) is 9.08. The van der Waals surface area contributed by atoms with Gasteiger partial charge in [0.1, 0.15) is 11.8 Å². The second-order valence-electron chi connectivity index (χ2n) is 3.21. The molecular weight excluding hydrogens is 248 g/mol. The lowest BCUT2D eigenvalue weighted by Gasteiger charge is -2.07. The van der Waals surface area contributed by atoms with E-state index in [9.17, 15) is 4.79 Å². The third kappa shape index (κ3) is 2.74. The van der Waals surface area contributed by atoms with Gasteiger partial charge in [0.2, 0.25) is 0 Å². The summed E-state index contributed by atoms with van der Waals surface area (Å²) >= 11 is 0. The predicted octanol–water partition coefficient (Wildman–Crippen LogP) is 0.238. The van der Waals surface area contributed by atoms with Crippen LogP contribution in [0.4, 0.5) is 5.82 Å². The normalized spacial score (nSPS) is 9.21. The number of hydrogen-bond acceptors (Lipinski definition) is 8. The zero-order valence-corrected chi connectivity index (χ0v) is 9.91. The van der Waals surface area contributed by atoms with Crippen LogP contribution in [0.3, 0.4) is 0 Å². The zero-order valence-electron chi connectivity index (χ0n) is 9.91. The number of carbonyl (C=O) groups excluding carboxylic acids is 1. The highest BCUT2D eigenvalue weighted by molar-refractivity contribution is 5.92. The van der Waals surface area contributed by atoms with Crippen LogP contribution in [-0.4, -0.2) is 22.5 Å². The summed E-state index contributed by atoms with van der Waals surface area (Å²) in [6, 6.07) is 4.98. The Labute approximate surface area is 108 Å². The molecule has 8 nitrogen and oxygen atoms in total. The van der Waals surface area contributed by atoms with Crippen molar-refractivity contribution in [2.75, 3.05) is 12.3 Å². The number of hydrogen-bond donors (Lipinski definition) is 1. The quantitative estimate of drug-likeness (QED) is 0.755. The molecule has 94 valence electrons. The molecule has 0 aliphatic carbocycles. The smallest absolute Gasteiger partial charge is 0.360 e. The molecule has 0 aliphatic rings. The maximum Gasteiger partial charge on any atom is 0.360 e. The zero-order chi connectivity index (χ0) is 14.4. The Morgan fingerprint density at radius 2 is 2.00 bits per heavy atom. The molecule has 19 heavy (non-hydrogen) atoms. The fourth-order valence-electron chi connectivity index (χ4n) is 1.25. The summed E-state index contributed by atoms with van der Waals surface area (Å²) in [7, 11) is 0. The average molecular weight is 256 g/mol. The van der Waals surface area contributed by atoms with Crippen LogP contribution < -0.4 is 5.73 Å². The molecule has 0 saturated carbocycles. The van der Waals surface area contributed by atoms with Gasteiger partial charge in [-0.15, -0.1) is 0 Å². The number of nitrogens with zero attached hydrogens (tertiary/aromatic N) is 5. The van der Waals surface area contributed by atoms with Gasteiger partial charge in [-0.2, -0.15) is 15.8 Å². The monoisotopic (exact) mass is 256 g/mol. The molecule has 0 fully saturated rings. The summed E-state index contributed by atoms with van der Waals surface area (Å²) in [5.74, 6) is -2.38. The first kappa shape index (κ1) is 13.9. The molecule has 0 aromatic carbocycles. The molecule has 2 N–H and O–H groups in total. The van der Waals surface area contributed by atoms with Gasteiger partial charge >= 0.3 is 5.97 Å². The van der Waals surface area contributed by atoms with Gasteiger partial charge in [-0.1, -0.05) is 0 Å². The van der Waals surface area contributed by atoms with Gasteiger partial charge in [-0.05, 0) is 6.92 Å². The molecule has 0 saturated heterocycles. The molecule has 0 atom stereocenters. The number of anilines is 1. The molecule has 1 rings (SSSR count). The van der Waals surface area contributed by atoms with Crippen molar-refractivity contribution >= 4 is 11.8 Å². The molecule has 0 unspecified atom stereocenters. The first-order valence-corrected chi connectivity index (χ1v) is 5.12. The Morgan fingerprint density at radius 1 is 1.37 bits per heavy atom. The Kier molecular flexibility index (Phi) is 4.34. The minimum absolute atomic E-state index is 0.114. The van der Waals surface area contributed by atoms with Crippen LogP contribution in [0.2, 0.25) is 0 Å². The molecule has 0 amide bonds. The highest BCUT2D eigenvalue weighted by Crippen LogP contribution is 2.19. The van der Waals surface area contributed by atoms with E-state index in [1.807, 2.05) is 0 Å². The number of aromatic nitrogens is 2. The largest absolute Gasteiger partial charge is 0.461 e. The van der Waals surface area contributed by atoms with Crippen molar-refractivity contribution in [3.05, 3.63) is 17.1 Å². The molecule has 1 aromatic heterocycles. The molecular formula is C11H8N6O2. The topological polar surface area (TPSA) is 149 Å². The van der Waals surface area contributed by atoms with Gasteiger partial charge in [-0.25, -0.2) is 14.8 Å². The molecule has 0 bridgehead atoms. The summed E-state index contributed by atoms with van der Waals surface area (Å²) in [4.78, 5) is 18.9. The second-order valence-corrected chi connectivity index (χ2v) is 3.21.